The number of hydrogen-bond acceptors (Lipinski definition) is 5. The minimum absolute atomic E-state index is 0.108. The zero-order valence-electron chi connectivity index (χ0n) is 16.6. The van der Waals surface area contributed by atoms with Crippen molar-refractivity contribution in [2.75, 3.05) is 52.5 Å². The first-order valence-corrected chi connectivity index (χ1v) is 10.4. The Morgan fingerprint density at radius 2 is 2.04 bits per heavy atom. The molecular formula is C21H29N3O4. The summed E-state index contributed by atoms with van der Waals surface area (Å²) < 4.78 is 10.7. The molecule has 0 spiro atoms. The Labute approximate surface area is 166 Å². The van der Waals surface area contributed by atoms with E-state index in [9.17, 15) is 9.59 Å². The molecule has 0 radical (unpaired) electrons. The highest BCUT2D eigenvalue weighted by molar-refractivity contribution is 5.94. The van der Waals surface area contributed by atoms with E-state index in [-0.39, 0.29) is 12.0 Å². The van der Waals surface area contributed by atoms with Gasteiger partial charge in [-0.2, -0.15) is 0 Å². The van der Waals surface area contributed by atoms with Crippen LogP contribution in [-0.4, -0.2) is 85.2 Å². The Bertz CT molecular complexity index is 738. The van der Waals surface area contributed by atoms with Crippen molar-refractivity contribution >= 4 is 12.0 Å². The van der Waals surface area contributed by atoms with E-state index in [1.807, 2.05) is 30.0 Å². The lowest BCUT2D eigenvalue weighted by Gasteiger charge is -2.27. The van der Waals surface area contributed by atoms with E-state index in [4.69, 9.17) is 9.47 Å². The molecule has 3 aliphatic rings. The van der Waals surface area contributed by atoms with Gasteiger partial charge in [0.05, 0.1) is 13.2 Å². The molecule has 1 unspecified atom stereocenters. The zero-order valence-corrected chi connectivity index (χ0v) is 16.6. The van der Waals surface area contributed by atoms with Crippen molar-refractivity contribution in [3.05, 3.63) is 29.3 Å². The fourth-order valence-corrected chi connectivity index (χ4v) is 4.43. The molecule has 1 aromatic carbocycles. The summed E-state index contributed by atoms with van der Waals surface area (Å²) in [5.74, 6) is 1.02. The Kier molecular flexibility index (Phi) is 5.71. The lowest BCUT2D eigenvalue weighted by molar-refractivity contribution is 0.0758. The zero-order chi connectivity index (χ0) is 19.5. The molecule has 1 atom stereocenters. The van der Waals surface area contributed by atoms with E-state index in [2.05, 4.69) is 4.90 Å². The van der Waals surface area contributed by atoms with Gasteiger partial charge < -0.3 is 19.3 Å². The smallest absolute Gasteiger partial charge is 0.409 e. The summed E-state index contributed by atoms with van der Waals surface area (Å²) in [7, 11) is 0. The van der Waals surface area contributed by atoms with Crippen LogP contribution in [0.4, 0.5) is 4.79 Å². The summed E-state index contributed by atoms with van der Waals surface area (Å²) in [5.41, 5.74) is 1.89. The van der Waals surface area contributed by atoms with Crippen LogP contribution < -0.4 is 4.74 Å². The number of fused-ring (bicyclic) bond motifs is 1. The molecule has 4 rings (SSSR count). The number of hydrogen-bond donors (Lipinski definition) is 0. The van der Waals surface area contributed by atoms with Gasteiger partial charge in [-0.25, -0.2) is 4.79 Å². The maximum atomic E-state index is 13.0. The predicted molar refractivity (Wildman–Crippen MR) is 105 cm³/mol. The molecule has 28 heavy (non-hydrogen) atoms. The Hall–Kier alpha value is -2.28. The number of nitrogens with zero attached hydrogens (tertiary/aromatic N) is 3. The predicted octanol–water partition coefficient (Wildman–Crippen LogP) is 2.00. The second kappa shape index (κ2) is 8.39. The highest BCUT2D eigenvalue weighted by atomic mass is 16.6. The van der Waals surface area contributed by atoms with Gasteiger partial charge in [0.1, 0.15) is 5.75 Å². The van der Waals surface area contributed by atoms with Gasteiger partial charge in [-0.15, -0.1) is 0 Å². The lowest BCUT2D eigenvalue weighted by Crippen LogP contribution is -2.41. The molecule has 152 valence electrons. The number of ether oxygens (including phenoxy) is 2. The first-order valence-electron chi connectivity index (χ1n) is 10.4. The van der Waals surface area contributed by atoms with E-state index < -0.39 is 0 Å². The third-order valence-corrected chi connectivity index (χ3v) is 5.96. The lowest BCUT2D eigenvalue weighted by atomic mass is 10.1. The monoisotopic (exact) mass is 387 g/mol. The van der Waals surface area contributed by atoms with Gasteiger partial charge in [0.15, 0.2) is 0 Å². The normalized spacial score (nSPS) is 22.5. The molecule has 2 amide bonds. The Balaban J connectivity index is 1.34. The van der Waals surface area contributed by atoms with Crippen molar-refractivity contribution in [1.29, 1.82) is 0 Å². The fourth-order valence-electron chi connectivity index (χ4n) is 4.43. The van der Waals surface area contributed by atoms with Crippen molar-refractivity contribution in [1.82, 2.24) is 14.7 Å². The minimum atomic E-state index is -0.211. The van der Waals surface area contributed by atoms with E-state index in [1.54, 1.807) is 4.90 Å². The fraction of sp³-hybridized carbons (Fsp3) is 0.619. The average Bonchev–Trinajstić information content (AvgIpc) is 3.31. The van der Waals surface area contributed by atoms with E-state index in [1.165, 1.54) is 0 Å². The topological polar surface area (TPSA) is 62.3 Å². The minimum Gasteiger partial charge on any atom is -0.493 e. The van der Waals surface area contributed by atoms with Crippen molar-refractivity contribution in [2.24, 2.45) is 0 Å². The van der Waals surface area contributed by atoms with E-state index >= 15 is 0 Å². The number of benzene rings is 1. The largest absolute Gasteiger partial charge is 0.493 e. The molecule has 0 N–H and O–H groups in total. The third kappa shape index (κ3) is 3.94. The highest BCUT2D eigenvalue weighted by Crippen LogP contribution is 2.26. The van der Waals surface area contributed by atoms with Crippen molar-refractivity contribution in [2.45, 2.75) is 32.2 Å². The number of rotatable bonds is 3. The molecule has 2 saturated heterocycles. The van der Waals surface area contributed by atoms with Gasteiger partial charge in [0.2, 0.25) is 0 Å². The van der Waals surface area contributed by atoms with Gasteiger partial charge >= 0.3 is 6.09 Å². The van der Waals surface area contributed by atoms with Crippen LogP contribution in [0.25, 0.3) is 0 Å². The van der Waals surface area contributed by atoms with Crippen LogP contribution in [-0.2, 0) is 11.2 Å². The summed E-state index contributed by atoms with van der Waals surface area (Å²) in [5, 5.41) is 0. The molecule has 0 bridgehead atoms. The van der Waals surface area contributed by atoms with Gasteiger partial charge in [0, 0.05) is 57.3 Å². The van der Waals surface area contributed by atoms with E-state index in [0.29, 0.717) is 19.3 Å². The maximum absolute atomic E-state index is 13.0. The number of carbonyl (C=O) groups excluding carboxylic acids is 2. The van der Waals surface area contributed by atoms with Crippen molar-refractivity contribution < 1.29 is 19.1 Å². The molecule has 3 aliphatic heterocycles. The summed E-state index contributed by atoms with van der Waals surface area (Å²) >= 11 is 0. The molecule has 0 saturated carbocycles. The number of carbonyl (C=O) groups is 2. The van der Waals surface area contributed by atoms with Crippen LogP contribution in [0.2, 0.25) is 0 Å². The summed E-state index contributed by atoms with van der Waals surface area (Å²) in [6, 6.07) is 6.14. The van der Waals surface area contributed by atoms with Gasteiger partial charge in [-0.3, -0.25) is 9.69 Å². The molecule has 3 heterocycles. The Morgan fingerprint density at radius 1 is 1.14 bits per heavy atom. The first-order chi connectivity index (χ1) is 13.7. The second-order valence-corrected chi connectivity index (χ2v) is 7.69. The summed E-state index contributed by atoms with van der Waals surface area (Å²) in [6.07, 6.45) is 2.59. The highest BCUT2D eigenvalue weighted by Gasteiger charge is 2.32. The number of amides is 2. The molecule has 2 fully saturated rings. The van der Waals surface area contributed by atoms with Crippen molar-refractivity contribution in [3.8, 4) is 5.75 Å². The van der Waals surface area contributed by atoms with Crippen molar-refractivity contribution in [3.63, 3.8) is 0 Å². The SMILES string of the molecule is CCOC(=O)N1CCC(N2CCCN(C(=O)c3ccc4c(c3)CCO4)CC2)C1. The molecule has 0 aliphatic carbocycles. The standard InChI is InChI=1S/C21H29N3O4/c1-2-27-21(26)24-10-6-18(15-24)22-8-3-9-23(12-11-22)20(25)17-4-5-19-16(14-17)7-13-28-19/h4-5,14,18H,2-3,6-13,15H2,1H3. The van der Waals surface area contributed by atoms with E-state index in [0.717, 1.165) is 75.4 Å². The number of likely N-dealkylation sites (tertiary alicyclic amines) is 1. The van der Waals surface area contributed by atoms with Crippen LogP contribution in [0, 0.1) is 0 Å². The average molecular weight is 387 g/mol. The molecule has 7 nitrogen and oxygen atoms in total. The van der Waals surface area contributed by atoms with Crippen LogP contribution in [0.15, 0.2) is 18.2 Å². The summed E-state index contributed by atoms with van der Waals surface area (Å²) in [4.78, 5) is 31.1. The van der Waals surface area contributed by atoms with Gasteiger partial charge in [-0.05, 0) is 43.5 Å². The molecule has 7 heteroatoms. The van der Waals surface area contributed by atoms with Gasteiger partial charge in [0.25, 0.3) is 5.91 Å². The third-order valence-electron chi connectivity index (χ3n) is 5.96. The molecular weight excluding hydrogens is 358 g/mol. The second-order valence-electron chi connectivity index (χ2n) is 7.69. The van der Waals surface area contributed by atoms with Gasteiger partial charge in [-0.1, -0.05) is 0 Å². The maximum Gasteiger partial charge on any atom is 0.409 e. The molecule has 0 aromatic heterocycles. The van der Waals surface area contributed by atoms with Crippen LogP contribution in [0.1, 0.15) is 35.7 Å². The Morgan fingerprint density at radius 3 is 2.89 bits per heavy atom. The van der Waals surface area contributed by atoms with Crippen LogP contribution in [0.5, 0.6) is 5.75 Å². The van der Waals surface area contributed by atoms with Crippen LogP contribution >= 0.6 is 0 Å². The molecule has 1 aromatic rings. The first kappa shape index (κ1) is 19.1. The van der Waals surface area contributed by atoms with Crippen LogP contribution in [0.3, 0.4) is 0 Å². The summed E-state index contributed by atoms with van der Waals surface area (Å²) in [6.45, 7) is 7.73. The quantitative estimate of drug-likeness (QED) is 0.794.